The van der Waals surface area contributed by atoms with E-state index in [1.54, 1.807) is 36.7 Å². The first-order valence-electron chi connectivity index (χ1n) is 7.30. The summed E-state index contributed by atoms with van der Waals surface area (Å²) in [4.78, 5) is 27.5. The maximum Gasteiger partial charge on any atom is 0.341 e. The van der Waals surface area contributed by atoms with Gasteiger partial charge >= 0.3 is 12.0 Å². The third-order valence-electron chi connectivity index (χ3n) is 3.30. The van der Waals surface area contributed by atoms with Gasteiger partial charge in [0.15, 0.2) is 0 Å². The van der Waals surface area contributed by atoms with Crippen molar-refractivity contribution in [1.29, 1.82) is 0 Å². The Bertz CT molecular complexity index is 704. The van der Waals surface area contributed by atoms with Crippen LogP contribution >= 0.6 is 0 Å². The highest BCUT2D eigenvalue weighted by Crippen LogP contribution is 2.20. The van der Waals surface area contributed by atoms with Gasteiger partial charge in [-0.1, -0.05) is 12.1 Å². The molecule has 24 heavy (non-hydrogen) atoms. The number of amides is 2. The van der Waals surface area contributed by atoms with Crippen LogP contribution in [0.15, 0.2) is 42.7 Å². The van der Waals surface area contributed by atoms with Crippen LogP contribution in [-0.4, -0.2) is 31.2 Å². The Kier molecular flexibility index (Phi) is 6.13. The maximum absolute atomic E-state index is 11.8. The number of hydrogen-bond acceptors (Lipinski definition) is 5. The largest absolute Gasteiger partial charge is 0.496 e. The number of rotatable bonds is 6. The van der Waals surface area contributed by atoms with E-state index in [-0.39, 0.29) is 12.6 Å². The lowest BCUT2D eigenvalue weighted by atomic mass is 10.1. The molecule has 0 bridgehead atoms. The number of carbonyl (C=O) groups excluding carboxylic acids is 2. The van der Waals surface area contributed by atoms with Crippen LogP contribution in [0.1, 0.15) is 21.5 Å². The monoisotopic (exact) mass is 329 g/mol. The first kappa shape index (κ1) is 17.3. The lowest BCUT2D eigenvalue weighted by Crippen LogP contribution is -2.34. The average molecular weight is 329 g/mol. The van der Waals surface area contributed by atoms with E-state index in [1.807, 2.05) is 6.07 Å². The van der Waals surface area contributed by atoms with E-state index in [0.29, 0.717) is 17.9 Å². The molecule has 0 saturated heterocycles. The zero-order valence-corrected chi connectivity index (χ0v) is 13.5. The van der Waals surface area contributed by atoms with Gasteiger partial charge in [0.05, 0.1) is 14.2 Å². The number of nitrogens with one attached hydrogen (secondary N) is 2. The number of pyridine rings is 1. The Balaban J connectivity index is 1.91. The summed E-state index contributed by atoms with van der Waals surface area (Å²) in [5.41, 5.74) is 1.98. The van der Waals surface area contributed by atoms with E-state index >= 15 is 0 Å². The standard InChI is InChI=1S/C17H19N3O4/c1-23-15-6-5-12(8-14(15)16(21)24-2)10-19-17(22)20-11-13-4-3-7-18-9-13/h3-9H,10-11H2,1-2H3,(H2,19,20,22). The van der Waals surface area contributed by atoms with Crippen LogP contribution in [0.25, 0.3) is 0 Å². The number of esters is 1. The van der Waals surface area contributed by atoms with Crippen LogP contribution < -0.4 is 15.4 Å². The molecule has 7 heteroatoms. The SMILES string of the molecule is COC(=O)c1cc(CNC(=O)NCc2cccnc2)ccc1OC. The van der Waals surface area contributed by atoms with Crippen molar-refractivity contribution in [2.24, 2.45) is 0 Å². The molecule has 126 valence electrons. The summed E-state index contributed by atoms with van der Waals surface area (Å²) in [6.45, 7) is 0.655. The van der Waals surface area contributed by atoms with E-state index in [1.165, 1.54) is 14.2 Å². The Labute approximate surface area is 140 Å². The summed E-state index contributed by atoms with van der Waals surface area (Å²) < 4.78 is 9.85. The summed E-state index contributed by atoms with van der Waals surface area (Å²) in [6.07, 6.45) is 3.36. The quantitative estimate of drug-likeness (QED) is 0.790. The van der Waals surface area contributed by atoms with Gasteiger partial charge in [-0.25, -0.2) is 9.59 Å². The number of ether oxygens (including phenoxy) is 2. The summed E-state index contributed by atoms with van der Waals surface area (Å²) in [6, 6.07) is 8.43. The fraction of sp³-hybridized carbons (Fsp3) is 0.235. The van der Waals surface area contributed by atoms with E-state index in [4.69, 9.17) is 9.47 Å². The zero-order valence-electron chi connectivity index (χ0n) is 13.5. The number of methoxy groups -OCH3 is 2. The van der Waals surface area contributed by atoms with E-state index in [2.05, 4.69) is 15.6 Å². The Morgan fingerprint density at radius 1 is 1.08 bits per heavy atom. The minimum Gasteiger partial charge on any atom is -0.496 e. The predicted octanol–water partition coefficient (Wildman–Crippen LogP) is 1.88. The van der Waals surface area contributed by atoms with Gasteiger partial charge in [0.25, 0.3) is 0 Å². The fourth-order valence-corrected chi connectivity index (χ4v) is 2.06. The summed E-state index contributed by atoms with van der Waals surface area (Å²) in [5.74, 6) is -0.0682. The van der Waals surface area contributed by atoms with Crippen LogP contribution in [0, 0.1) is 0 Å². The molecule has 0 atom stereocenters. The van der Waals surface area contributed by atoms with Crippen LogP contribution in [0.5, 0.6) is 5.75 Å². The highest BCUT2D eigenvalue weighted by molar-refractivity contribution is 5.92. The lowest BCUT2D eigenvalue weighted by molar-refractivity contribution is 0.0597. The van der Waals surface area contributed by atoms with Gasteiger partial charge in [0, 0.05) is 25.5 Å². The zero-order chi connectivity index (χ0) is 17.4. The van der Waals surface area contributed by atoms with Gasteiger partial charge in [-0.15, -0.1) is 0 Å². The molecule has 2 N–H and O–H groups in total. The smallest absolute Gasteiger partial charge is 0.341 e. The molecule has 0 spiro atoms. The molecule has 2 rings (SSSR count). The normalized spacial score (nSPS) is 9.92. The number of benzene rings is 1. The Morgan fingerprint density at radius 2 is 1.83 bits per heavy atom. The van der Waals surface area contributed by atoms with Gasteiger partial charge in [-0.2, -0.15) is 0 Å². The van der Waals surface area contributed by atoms with Crippen LogP contribution in [0.3, 0.4) is 0 Å². The fourth-order valence-electron chi connectivity index (χ4n) is 2.06. The average Bonchev–Trinajstić information content (AvgIpc) is 2.64. The van der Waals surface area contributed by atoms with E-state index in [9.17, 15) is 9.59 Å². The molecule has 0 aliphatic rings. The second-order valence-electron chi connectivity index (χ2n) is 4.92. The number of urea groups is 1. The van der Waals surface area contributed by atoms with Gasteiger partial charge in [0.2, 0.25) is 0 Å². The van der Waals surface area contributed by atoms with Crippen molar-refractivity contribution in [3.8, 4) is 5.75 Å². The van der Waals surface area contributed by atoms with Crippen molar-refractivity contribution in [3.63, 3.8) is 0 Å². The van der Waals surface area contributed by atoms with Crippen molar-refractivity contribution in [1.82, 2.24) is 15.6 Å². The molecule has 0 saturated carbocycles. The predicted molar refractivity (Wildman–Crippen MR) is 87.6 cm³/mol. The molecule has 0 aliphatic carbocycles. The molecule has 2 amide bonds. The number of carbonyl (C=O) groups is 2. The highest BCUT2D eigenvalue weighted by Gasteiger charge is 2.13. The first-order chi connectivity index (χ1) is 11.6. The minimum atomic E-state index is -0.491. The Morgan fingerprint density at radius 3 is 2.46 bits per heavy atom. The molecule has 7 nitrogen and oxygen atoms in total. The molecule has 1 aromatic heterocycles. The summed E-state index contributed by atoms with van der Waals surface area (Å²) >= 11 is 0. The van der Waals surface area contributed by atoms with Gasteiger partial charge in [0.1, 0.15) is 11.3 Å². The maximum atomic E-state index is 11.8. The van der Waals surface area contributed by atoms with Crippen molar-refractivity contribution >= 4 is 12.0 Å². The van der Waals surface area contributed by atoms with Crippen LogP contribution in [0.2, 0.25) is 0 Å². The summed E-state index contributed by atoms with van der Waals surface area (Å²) in [7, 11) is 2.78. The number of hydrogen-bond donors (Lipinski definition) is 2. The molecular weight excluding hydrogens is 310 g/mol. The molecular formula is C17H19N3O4. The summed E-state index contributed by atoms with van der Waals surface area (Å²) in [5, 5.41) is 5.46. The van der Waals surface area contributed by atoms with Crippen molar-refractivity contribution in [2.75, 3.05) is 14.2 Å². The van der Waals surface area contributed by atoms with Gasteiger partial charge in [-0.05, 0) is 29.3 Å². The van der Waals surface area contributed by atoms with Crippen LogP contribution in [0.4, 0.5) is 4.79 Å². The molecule has 1 aromatic carbocycles. The molecule has 1 heterocycles. The van der Waals surface area contributed by atoms with Crippen molar-refractivity contribution in [3.05, 3.63) is 59.4 Å². The topological polar surface area (TPSA) is 89.5 Å². The first-order valence-corrected chi connectivity index (χ1v) is 7.30. The molecule has 0 radical (unpaired) electrons. The molecule has 0 unspecified atom stereocenters. The van der Waals surface area contributed by atoms with E-state index < -0.39 is 5.97 Å². The van der Waals surface area contributed by atoms with E-state index in [0.717, 1.165) is 11.1 Å². The van der Waals surface area contributed by atoms with Gasteiger partial charge < -0.3 is 20.1 Å². The molecule has 2 aromatic rings. The minimum absolute atomic E-state index is 0.271. The van der Waals surface area contributed by atoms with Gasteiger partial charge in [-0.3, -0.25) is 4.98 Å². The van der Waals surface area contributed by atoms with Crippen molar-refractivity contribution in [2.45, 2.75) is 13.1 Å². The second-order valence-corrected chi connectivity index (χ2v) is 4.92. The third kappa shape index (κ3) is 4.70. The highest BCUT2D eigenvalue weighted by atomic mass is 16.5. The second kappa shape index (κ2) is 8.52. The van der Waals surface area contributed by atoms with Crippen LogP contribution in [-0.2, 0) is 17.8 Å². The lowest BCUT2D eigenvalue weighted by Gasteiger charge is -2.11. The molecule has 0 aliphatic heterocycles. The Hall–Kier alpha value is -3.09. The third-order valence-corrected chi connectivity index (χ3v) is 3.30. The number of aromatic nitrogens is 1. The molecule has 0 fully saturated rings. The van der Waals surface area contributed by atoms with Crippen molar-refractivity contribution < 1.29 is 19.1 Å². The number of nitrogens with zero attached hydrogens (tertiary/aromatic N) is 1.